The van der Waals surface area contributed by atoms with Crippen LogP contribution in [0, 0.1) is 19.8 Å². The lowest BCUT2D eigenvalue weighted by Gasteiger charge is -2.23. The number of nitrogens with one attached hydrogen (secondary N) is 2. The molecule has 2 heterocycles. The number of aliphatic carboxylic acids is 1. The van der Waals surface area contributed by atoms with Gasteiger partial charge in [0.1, 0.15) is 11.2 Å². The highest BCUT2D eigenvalue weighted by atomic mass is 16.4. The lowest BCUT2D eigenvalue weighted by atomic mass is 10.0. The van der Waals surface area contributed by atoms with Crippen LogP contribution in [0.2, 0.25) is 0 Å². The number of amides is 2. The van der Waals surface area contributed by atoms with Crippen LogP contribution in [0.5, 0.6) is 0 Å². The van der Waals surface area contributed by atoms with Gasteiger partial charge in [-0.2, -0.15) is 0 Å². The molecule has 2 amide bonds. The van der Waals surface area contributed by atoms with E-state index in [-0.39, 0.29) is 17.9 Å². The minimum atomic E-state index is -1.40. The Morgan fingerprint density at radius 1 is 1.06 bits per heavy atom. The van der Waals surface area contributed by atoms with E-state index in [1.54, 1.807) is 33.1 Å². The Bertz CT molecular complexity index is 1240. The molecule has 0 aliphatic heterocycles. The number of furan rings is 1. The summed E-state index contributed by atoms with van der Waals surface area (Å²) in [4.78, 5) is 47.8. The van der Waals surface area contributed by atoms with Crippen LogP contribution in [-0.4, -0.2) is 30.4 Å². The smallest absolute Gasteiger partial charge is 0.340 e. The number of carboxylic acids is 1. The molecule has 2 aromatic heterocycles. The molecule has 0 saturated heterocycles. The van der Waals surface area contributed by atoms with Crippen molar-refractivity contribution < 1.29 is 28.3 Å². The van der Waals surface area contributed by atoms with Crippen molar-refractivity contribution in [2.24, 2.45) is 5.92 Å². The second-order valence-electron chi connectivity index (χ2n) is 7.82. The fraction of sp³-hybridized carbons (Fsp3) is 0.364. The maximum absolute atomic E-state index is 12.4. The molecule has 9 heteroatoms. The molecular weight excluding hydrogens is 404 g/mol. The molecule has 0 aliphatic carbocycles. The summed E-state index contributed by atoms with van der Waals surface area (Å²) in [6.07, 6.45) is 1.33. The SMILES string of the molecule is Cc1coc2cc3oc(=O)c(CC(=O)NCC(=O)N[C@H](C(=O)[O-])C(C)C)c(C)c3cc12. The van der Waals surface area contributed by atoms with E-state index in [2.05, 4.69) is 10.6 Å². The molecule has 31 heavy (non-hydrogen) atoms. The van der Waals surface area contributed by atoms with E-state index in [1.165, 1.54) is 0 Å². The molecular formula is C22H23N2O7-. The Balaban J connectivity index is 1.75. The number of hydrogen-bond acceptors (Lipinski definition) is 7. The van der Waals surface area contributed by atoms with Crippen LogP contribution in [-0.2, 0) is 20.8 Å². The Morgan fingerprint density at radius 2 is 1.77 bits per heavy atom. The predicted molar refractivity (Wildman–Crippen MR) is 110 cm³/mol. The van der Waals surface area contributed by atoms with Crippen LogP contribution in [0.4, 0.5) is 0 Å². The molecule has 1 atom stereocenters. The lowest BCUT2D eigenvalue weighted by Crippen LogP contribution is -2.53. The van der Waals surface area contributed by atoms with E-state index in [1.807, 2.05) is 13.0 Å². The van der Waals surface area contributed by atoms with Gasteiger partial charge in [0.15, 0.2) is 0 Å². The molecule has 0 bridgehead atoms. The van der Waals surface area contributed by atoms with Crippen LogP contribution < -0.4 is 21.4 Å². The van der Waals surface area contributed by atoms with E-state index in [0.29, 0.717) is 22.1 Å². The number of benzene rings is 1. The molecule has 2 N–H and O–H groups in total. The summed E-state index contributed by atoms with van der Waals surface area (Å²) in [5, 5.41) is 17.3. The Morgan fingerprint density at radius 3 is 2.42 bits per heavy atom. The molecule has 0 unspecified atom stereocenters. The maximum Gasteiger partial charge on any atom is 0.340 e. The minimum Gasteiger partial charge on any atom is -0.548 e. The van der Waals surface area contributed by atoms with E-state index in [0.717, 1.165) is 10.9 Å². The highest BCUT2D eigenvalue weighted by Crippen LogP contribution is 2.28. The molecule has 164 valence electrons. The van der Waals surface area contributed by atoms with Crippen LogP contribution in [0.3, 0.4) is 0 Å². The zero-order chi connectivity index (χ0) is 22.9. The molecule has 0 saturated carbocycles. The predicted octanol–water partition coefficient (Wildman–Crippen LogP) is 0.705. The lowest BCUT2D eigenvalue weighted by molar-refractivity contribution is -0.309. The van der Waals surface area contributed by atoms with E-state index in [9.17, 15) is 24.3 Å². The maximum atomic E-state index is 12.4. The van der Waals surface area contributed by atoms with E-state index in [4.69, 9.17) is 8.83 Å². The van der Waals surface area contributed by atoms with Crippen molar-refractivity contribution in [3.05, 3.63) is 45.5 Å². The van der Waals surface area contributed by atoms with Crippen LogP contribution in [0.25, 0.3) is 21.9 Å². The number of carboxylic acid groups (broad SMARTS) is 1. The molecule has 0 radical (unpaired) electrons. The van der Waals surface area contributed by atoms with Gasteiger partial charge in [-0.25, -0.2) is 4.79 Å². The fourth-order valence-corrected chi connectivity index (χ4v) is 3.37. The first kappa shape index (κ1) is 22.1. The summed E-state index contributed by atoms with van der Waals surface area (Å²) in [5.41, 5.74) is 2.02. The third-order valence-corrected chi connectivity index (χ3v) is 5.20. The second kappa shape index (κ2) is 8.63. The van der Waals surface area contributed by atoms with Crippen molar-refractivity contribution >= 4 is 39.7 Å². The molecule has 0 aliphatic rings. The number of aryl methyl sites for hydroxylation is 2. The molecule has 3 rings (SSSR count). The Labute approximate surface area is 177 Å². The van der Waals surface area contributed by atoms with Gasteiger partial charge in [0.05, 0.1) is 36.8 Å². The molecule has 0 spiro atoms. The van der Waals surface area contributed by atoms with Crippen molar-refractivity contribution in [3.63, 3.8) is 0 Å². The van der Waals surface area contributed by atoms with Crippen molar-refractivity contribution in [2.75, 3.05) is 6.54 Å². The molecule has 0 fully saturated rings. The average molecular weight is 427 g/mol. The normalized spacial score (nSPS) is 12.3. The van der Waals surface area contributed by atoms with Crippen molar-refractivity contribution in [1.82, 2.24) is 10.6 Å². The van der Waals surface area contributed by atoms with Gasteiger partial charge in [-0.3, -0.25) is 9.59 Å². The van der Waals surface area contributed by atoms with Gasteiger partial charge < -0.3 is 29.4 Å². The quantitative estimate of drug-likeness (QED) is 0.529. The van der Waals surface area contributed by atoms with Gasteiger partial charge in [-0.05, 0) is 37.0 Å². The number of carbonyl (C=O) groups excluding carboxylic acids is 3. The third-order valence-electron chi connectivity index (χ3n) is 5.20. The zero-order valence-corrected chi connectivity index (χ0v) is 17.7. The third kappa shape index (κ3) is 4.60. The number of rotatable bonds is 7. The zero-order valence-electron chi connectivity index (χ0n) is 17.7. The van der Waals surface area contributed by atoms with Gasteiger partial charge in [0.2, 0.25) is 11.8 Å². The van der Waals surface area contributed by atoms with Gasteiger partial charge in [-0.1, -0.05) is 13.8 Å². The highest BCUT2D eigenvalue weighted by molar-refractivity contribution is 5.97. The number of fused-ring (bicyclic) bond motifs is 2. The largest absolute Gasteiger partial charge is 0.548 e. The van der Waals surface area contributed by atoms with Crippen LogP contribution in [0.1, 0.15) is 30.5 Å². The topological polar surface area (TPSA) is 142 Å². The van der Waals surface area contributed by atoms with Crippen molar-refractivity contribution in [3.8, 4) is 0 Å². The summed E-state index contributed by atoms with van der Waals surface area (Å²) >= 11 is 0. The fourth-order valence-electron chi connectivity index (χ4n) is 3.37. The summed E-state index contributed by atoms with van der Waals surface area (Å²) < 4.78 is 10.8. The van der Waals surface area contributed by atoms with Gasteiger partial charge in [0.25, 0.3) is 0 Å². The van der Waals surface area contributed by atoms with Gasteiger partial charge >= 0.3 is 5.63 Å². The Hall–Kier alpha value is -3.62. The first-order chi connectivity index (χ1) is 14.6. The first-order valence-corrected chi connectivity index (χ1v) is 9.79. The summed E-state index contributed by atoms with van der Waals surface area (Å²) in [6, 6.07) is 2.33. The van der Waals surface area contributed by atoms with Gasteiger partial charge in [0, 0.05) is 16.8 Å². The number of carbonyl (C=O) groups is 3. The average Bonchev–Trinajstić information content (AvgIpc) is 3.06. The second-order valence-corrected chi connectivity index (χ2v) is 7.82. The number of hydrogen-bond donors (Lipinski definition) is 2. The summed E-state index contributed by atoms with van der Waals surface area (Å²) in [6.45, 7) is 6.45. The van der Waals surface area contributed by atoms with Crippen molar-refractivity contribution in [1.29, 1.82) is 0 Å². The van der Waals surface area contributed by atoms with Gasteiger partial charge in [-0.15, -0.1) is 0 Å². The minimum absolute atomic E-state index is 0.181. The van der Waals surface area contributed by atoms with E-state index < -0.39 is 36.0 Å². The van der Waals surface area contributed by atoms with Crippen molar-refractivity contribution in [2.45, 2.75) is 40.2 Å². The molecule has 9 nitrogen and oxygen atoms in total. The summed E-state index contributed by atoms with van der Waals surface area (Å²) in [7, 11) is 0. The molecule has 3 aromatic rings. The van der Waals surface area contributed by atoms with Crippen LogP contribution >= 0.6 is 0 Å². The van der Waals surface area contributed by atoms with E-state index >= 15 is 0 Å². The van der Waals surface area contributed by atoms with Crippen LogP contribution in [0.15, 0.2) is 32.0 Å². The first-order valence-electron chi connectivity index (χ1n) is 9.79. The Kier molecular flexibility index (Phi) is 6.14. The standard InChI is InChI=1S/C22H24N2O7/c1-10(2)20(21(27)28)24-19(26)8-23-18(25)6-15-12(4)14-5-13-11(3)9-30-16(13)7-17(14)31-22(15)29/h5,7,9-10,20H,6,8H2,1-4H3,(H,23,25)(H,24,26)(H,27,28)/p-1/t20-/m0/s1. The monoisotopic (exact) mass is 427 g/mol. The summed E-state index contributed by atoms with van der Waals surface area (Å²) in [5.74, 6) is -3.02. The molecule has 1 aromatic carbocycles. The highest BCUT2D eigenvalue weighted by Gasteiger charge is 2.19.